The third kappa shape index (κ3) is 3.83. The Kier molecular flexibility index (Phi) is 4.66. The van der Waals surface area contributed by atoms with Gasteiger partial charge in [0.15, 0.2) is 0 Å². The molecule has 0 unspecified atom stereocenters. The molecular formula is C16H20N6O3. The Morgan fingerprint density at radius 3 is 2.88 bits per heavy atom. The maximum atomic E-state index is 12.0. The molecule has 0 radical (unpaired) electrons. The zero-order valence-corrected chi connectivity index (χ0v) is 13.8. The van der Waals surface area contributed by atoms with E-state index in [2.05, 4.69) is 30.3 Å². The quantitative estimate of drug-likeness (QED) is 0.793. The number of carbonyl (C=O) groups is 1. The van der Waals surface area contributed by atoms with Gasteiger partial charge in [-0.25, -0.2) is 9.97 Å². The summed E-state index contributed by atoms with van der Waals surface area (Å²) in [5.41, 5.74) is 0. The Morgan fingerprint density at radius 2 is 2.12 bits per heavy atom. The van der Waals surface area contributed by atoms with Crippen LogP contribution in [-0.2, 0) is 9.53 Å². The summed E-state index contributed by atoms with van der Waals surface area (Å²) in [5, 5.41) is 6.86. The van der Waals surface area contributed by atoms with Crippen LogP contribution in [0.1, 0.15) is 24.7 Å². The Labute approximate surface area is 144 Å². The molecule has 2 saturated heterocycles. The second-order valence-corrected chi connectivity index (χ2v) is 6.36. The largest absolute Gasteiger partial charge is 0.376 e. The van der Waals surface area contributed by atoms with Gasteiger partial charge in [-0.1, -0.05) is 5.16 Å². The highest BCUT2D eigenvalue weighted by Gasteiger charge is 2.34. The zero-order chi connectivity index (χ0) is 17.1. The highest BCUT2D eigenvalue weighted by molar-refractivity contribution is 5.78. The molecule has 2 aliphatic rings. The van der Waals surface area contributed by atoms with Crippen molar-refractivity contribution >= 4 is 5.91 Å². The smallest absolute Gasteiger partial charge is 0.240 e. The van der Waals surface area contributed by atoms with Crippen molar-refractivity contribution < 1.29 is 14.1 Å². The molecule has 0 aliphatic carbocycles. The van der Waals surface area contributed by atoms with E-state index in [0.717, 1.165) is 32.5 Å². The molecule has 2 aromatic heterocycles. The third-order valence-corrected chi connectivity index (χ3v) is 4.43. The van der Waals surface area contributed by atoms with Crippen molar-refractivity contribution in [2.24, 2.45) is 0 Å². The van der Waals surface area contributed by atoms with Gasteiger partial charge >= 0.3 is 0 Å². The molecule has 1 N–H and O–H groups in total. The highest BCUT2D eigenvalue weighted by Crippen LogP contribution is 2.26. The molecule has 0 bridgehead atoms. The molecule has 0 spiro atoms. The first-order chi connectivity index (χ1) is 12.3. The van der Waals surface area contributed by atoms with E-state index in [1.165, 1.54) is 0 Å². The minimum absolute atomic E-state index is 0.0258. The van der Waals surface area contributed by atoms with E-state index < -0.39 is 0 Å². The number of amides is 1. The predicted molar refractivity (Wildman–Crippen MR) is 86.5 cm³/mol. The van der Waals surface area contributed by atoms with Crippen LogP contribution in [0.5, 0.6) is 0 Å². The molecule has 4 heterocycles. The molecule has 4 rings (SSSR count). The molecule has 2 aromatic rings. The number of nitrogens with zero attached hydrogens (tertiary/aromatic N) is 5. The van der Waals surface area contributed by atoms with E-state index in [1.807, 2.05) is 0 Å². The van der Waals surface area contributed by atoms with Gasteiger partial charge in [0, 0.05) is 38.6 Å². The lowest BCUT2D eigenvalue weighted by Gasteiger charge is -2.36. The number of carbonyl (C=O) groups excluding carboxylic acids is 1. The molecule has 9 heteroatoms. The number of hydrogen-bond acceptors (Lipinski definition) is 8. The fraction of sp³-hybridized carbons (Fsp3) is 0.562. The lowest BCUT2D eigenvalue weighted by Crippen LogP contribution is -2.50. The maximum absolute atomic E-state index is 12.0. The predicted octanol–water partition coefficient (Wildman–Crippen LogP) is 0.221. The van der Waals surface area contributed by atoms with E-state index in [9.17, 15) is 4.79 Å². The summed E-state index contributed by atoms with van der Waals surface area (Å²) in [4.78, 5) is 26.6. The minimum Gasteiger partial charge on any atom is -0.376 e. The van der Waals surface area contributed by atoms with Gasteiger partial charge in [-0.15, -0.1) is 0 Å². The summed E-state index contributed by atoms with van der Waals surface area (Å²) in [6.07, 6.45) is 5.55. The average molecular weight is 344 g/mol. The molecule has 0 saturated carbocycles. The van der Waals surface area contributed by atoms with Gasteiger partial charge in [0.25, 0.3) is 0 Å². The first-order valence-corrected chi connectivity index (χ1v) is 8.49. The van der Waals surface area contributed by atoms with Gasteiger partial charge in [0.1, 0.15) is 0 Å². The van der Waals surface area contributed by atoms with Crippen LogP contribution in [-0.4, -0.2) is 69.8 Å². The molecular weight excluding hydrogens is 324 g/mol. The fourth-order valence-corrected chi connectivity index (χ4v) is 3.05. The van der Waals surface area contributed by atoms with Crippen molar-refractivity contribution in [2.75, 3.05) is 32.8 Å². The number of ether oxygens (including phenoxy) is 1. The summed E-state index contributed by atoms with van der Waals surface area (Å²) in [5.74, 6) is 1.58. The molecule has 2 fully saturated rings. The lowest BCUT2D eigenvalue weighted by atomic mass is 10.0. The maximum Gasteiger partial charge on any atom is 0.240 e. The van der Waals surface area contributed by atoms with Crippen LogP contribution in [0.4, 0.5) is 0 Å². The molecule has 25 heavy (non-hydrogen) atoms. The topological polar surface area (TPSA) is 106 Å². The van der Waals surface area contributed by atoms with Crippen molar-refractivity contribution in [1.82, 2.24) is 30.3 Å². The van der Waals surface area contributed by atoms with Gasteiger partial charge in [-0.2, -0.15) is 4.98 Å². The summed E-state index contributed by atoms with van der Waals surface area (Å²) < 4.78 is 10.8. The molecule has 132 valence electrons. The average Bonchev–Trinajstić information content (AvgIpc) is 3.28. The summed E-state index contributed by atoms with van der Waals surface area (Å²) in [6.45, 7) is 3.23. The summed E-state index contributed by atoms with van der Waals surface area (Å²) in [6, 6.07) is 1.73. The number of aromatic nitrogens is 4. The summed E-state index contributed by atoms with van der Waals surface area (Å²) in [7, 11) is 0. The van der Waals surface area contributed by atoms with Crippen molar-refractivity contribution in [3.63, 3.8) is 0 Å². The first kappa shape index (κ1) is 16.1. The van der Waals surface area contributed by atoms with Crippen molar-refractivity contribution in [3.8, 4) is 11.6 Å². The van der Waals surface area contributed by atoms with E-state index >= 15 is 0 Å². The van der Waals surface area contributed by atoms with Crippen LogP contribution in [0, 0.1) is 0 Å². The summed E-state index contributed by atoms with van der Waals surface area (Å²) >= 11 is 0. The van der Waals surface area contributed by atoms with Crippen LogP contribution in [0.2, 0.25) is 0 Å². The third-order valence-electron chi connectivity index (χ3n) is 4.43. The SMILES string of the molecule is O=C(CN1CC(c2nc(-c3ncccn3)no2)C1)NC[C@@H]1CCCO1. The highest BCUT2D eigenvalue weighted by atomic mass is 16.5. The van der Waals surface area contributed by atoms with E-state index in [4.69, 9.17) is 9.26 Å². The van der Waals surface area contributed by atoms with Crippen molar-refractivity contribution in [3.05, 3.63) is 24.4 Å². The van der Waals surface area contributed by atoms with Crippen LogP contribution < -0.4 is 5.32 Å². The number of hydrogen-bond donors (Lipinski definition) is 1. The molecule has 2 aliphatic heterocycles. The Balaban J connectivity index is 1.22. The van der Waals surface area contributed by atoms with E-state index in [1.54, 1.807) is 18.5 Å². The van der Waals surface area contributed by atoms with Crippen LogP contribution in [0.15, 0.2) is 23.0 Å². The zero-order valence-electron chi connectivity index (χ0n) is 13.8. The Hall–Kier alpha value is -2.39. The second-order valence-electron chi connectivity index (χ2n) is 6.36. The van der Waals surface area contributed by atoms with Crippen LogP contribution >= 0.6 is 0 Å². The molecule has 9 nitrogen and oxygen atoms in total. The Bertz CT molecular complexity index is 710. The van der Waals surface area contributed by atoms with Gasteiger partial charge in [-0.3, -0.25) is 9.69 Å². The monoisotopic (exact) mass is 344 g/mol. The molecule has 1 amide bonds. The van der Waals surface area contributed by atoms with E-state index in [0.29, 0.717) is 30.6 Å². The van der Waals surface area contributed by atoms with Gasteiger partial charge in [0.2, 0.25) is 23.4 Å². The number of likely N-dealkylation sites (tertiary alicyclic amines) is 1. The first-order valence-electron chi connectivity index (χ1n) is 8.49. The molecule has 0 aromatic carbocycles. The number of nitrogens with one attached hydrogen (secondary N) is 1. The van der Waals surface area contributed by atoms with Crippen LogP contribution in [0.25, 0.3) is 11.6 Å². The van der Waals surface area contributed by atoms with Crippen LogP contribution in [0.3, 0.4) is 0 Å². The van der Waals surface area contributed by atoms with Gasteiger partial charge < -0.3 is 14.6 Å². The second kappa shape index (κ2) is 7.24. The van der Waals surface area contributed by atoms with Crippen molar-refractivity contribution in [1.29, 1.82) is 0 Å². The fourth-order valence-electron chi connectivity index (χ4n) is 3.05. The standard InChI is InChI=1S/C16H20N6O3/c23-13(19-7-12-3-1-6-24-12)10-22-8-11(9-22)16-20-15(21-25-16)14-17-4-2-5-18-14/h2,4-5,11-12H,1,3,6-10H2,(H,19,23)/t12-/m0/s1. The number of rotatable bonds is 6. The van der Waals surface area contributed by atoms with Gasteiger partial charge in [0.05, 0.1) is 18.6 Å². The van der Waals surface area contributed by atoms with Crippen molar-refractivity contribution in [2.45, 2.75) is 24.9 Å². The normalized spacial score (nSPS) is 21.2. The van der Waals surface area contributed by atoms with Gasteiger partial charge in [-0.05, 0) is 18.9 Å². The minimum atomic E-state index is 0.0258. The molecule has 1 atom stereocenters. The Morgan fingerprint density at radius 1 is 1.28 bits per heavy atom. The van der Waals surface area contributed by atoms with E-state index in [-0.39, 0.29) is 17.9 Å². The lowest BCUT2D eigenvalue weighted by molar-refractivity contribution is -0.123.